The van der Waals surface area contributed by atoms with Crippen molar-refractivity contribution in [3.63, 3.8) is 0 Å². The Morgan fingerprint density at radius 2 is 1.72 bits per heavy atom. The lowest BCUT2D eigenvalue weighted by Crippen LogP contribution is -2.53. The normalized spacial score (nSPS) is 28.4. The molecular weight excluding hydrogens is 250 g/mol. The van der Waals surface area contributed by atoms with Crippen LogP contribution in [0.15, 0.2) is 0 Å². The van der Waals surface area contributed by atoms with E-state index >= 15 is 0 Å². The van der Waals surface area contributed by atoms with Gasteiger partial charge < -0.3 is 5.32 Å². The minimum atomic E-state index is -3.21. The van der Waals surface area contributed by atoms with Gasteiger partial charge in [0.15, 0.2) is 0 Å². The van der Waals surface area contributed by atoms with E-state index in [9.17, 15) is 8.42 Å². The molecule has 0 spiro atoms. The van der Waals surface area contributed by atoms with Crippen molar-refractivity contribution in [1.82, 2.24) is 13.9 Å². The second kappa shape index (κ2) is 6.32. The average Bonchev–Trinajstić information content (AvgIpc) is 2.40. The average molecular weight is 275 g/mol. The summed E-state index contributed by atoms with van der Waals surface area (Å²) < 4.78 is 28.4. The van der Waals surface area contributed by atoms with E-state index in [0.717, 1.165) is 38.6 Å². The van der Waals surface area contributed by atoms with Gasteiger partial charge in [0.1, 0.15) is 0 Å². The van der Waals surface area contributed by atoms with Crippen LogP contribution in [0.1, 0.15) is 39.0 Å². The molecule has 1 unspecified atom stereocenters. The molecule has 0 saturated carbocycles. The van der Waals surface area contributed by atoms with E-state index in [0.29, 0.717) is 32.2 Å². The van der Waals surface area contributed by atoms with Gasteiger partial charge >= 0.3 is 0 Å². The molecule has 1 N–H and O–H groups in total. The Bertz CT molecular complexity index is 350. The van der Waals surface area contributed by atoms with Gasteiger partial charge in [-0.05, 0) is 32.2 Å². The van der Waals surface area contributed by atoms with Gasteiger partial charge in [-0.25, -0.2) is 0 Å². The third-order valence-corrected chi connectivity index (χ3v) is 5.85. The minimum Gasteiger partial charge on any atom is -0.313 e. The topological polar surface area (TPSA) is 52.7 Å². The zero-order valence-corrected chi connectivity index (χ0v) is 12.1. The third kappa shape index (κ3) is 3.23. The summed E-state index contributed by atoms with van der Waals surface area (Å²) in [6, 6.07) is 0.323. The van der Waals surface area contributed by atoms with Crippen molar-refractivity contribution in [3.05, 3.63) is 0 Å². The van der Waals surface area contributed by atoms with Crippen LogP contribution in [0.5, 0.6) is 0 Å². The van der Waals surface area contributed by atoms with E-state index in [1.165, 1.54) is 0 Å². The second-order valence-corrected chi connectivity index (χ2v) is 7.15. The van der Waals surface area contributed by atoms with Gasteiger partial charge in [-0.3, -0.25) is 0 Å². The number of rotatable bonds is 4. The standard InChI is InChI=1S/C12H25N3O2S/c1-2-13-12-7-6-10-15(11-12)18(16,17)14-8-4-3-5-9-14/h12-13H,2-11H2,1H3. The van der Waals surface area contributed by atoms with Crippen LogP contribution in [-0.4, -0.2) is 55.8 Å². The van der Waals surface area contributed by atoms with E-state index in [4.69, 9.17) is 0 Å². The molecule has 0 aromatic carbocycles. The molecule has 2 aliphatic heterocycles. The van der Waals surface area contributed by atoms with E-state index < -0.39 is 10.2 Å². The molecule has 2 aliphatic rings. The molecule has 2 fully saturated rings. The van der Waals surface area contributed by atoms with E-state index in [2.05, 4.69) is 12.2 Å². The quantitative estimate of drug-likeness (QED) is 0.825. The summed E-state index contributed by atoms with van der Waals surface area (Å²) in [5.74, 6) is 0. The molecule has 0 bridgehead atoms. The van der Waals surface area contributed by atoms with E-state index in [-0.39, 0.29) is 0 Å². The smallest absolute Gasteiger partial charge is 0.282 e. The zero-order chi connectivity index (χ0) is 13.0. The molecule has 0 aromatic rings. The van der Waals surface area contributed by atoms with Gasteiger partial charge in [0.25, 0.3) is 10.2 Å². The molecule has 0 amide bonds. The van der Waals surface area contributed by atoms with Crippen molar-refractivity contribution in [2.24, 2.45) is 0 Å². The number of nitrogens with one attached hydrogen (secondary N) is 1. The fourth-order valence-electron chi connectivity index (χ4n) is 2.87. The first-order valence-electron chi connectivity index (χ1n) is 7.13. The largest absolute Gasteiger partial charge is 0.313 e. The van der Waals surface area contributed by atoms with Crippen LogP contribution >= 0.6 is 0 Å². The highest BCUT2D eigenvalue weighted by Gasteiger charge is 2.33. The Kier molecular flexibility index (Phi) is 5.00. The molecule has 1 atom stereocenters. The number of piperidine rings is 2. The highest BCUT2D eigenvalue weighted by molar-refractivity contribution is 7.86. The predicted molar refractivity (Wildman–Crippen MR) is 72.6 cm³/mol. The van der Waals surface area contributed by atoms with Gasteiger partial charge in [0.2, 0.25) is 0 Å². The van der Waals surface area contributed by atoms with Gasteiger partial charge in [0, 0.05) is 32.2 Å². The molecule has 0 aliphatic carbocycles. The maximum atomic E-state index is 12.5. The first-order chi connectivity index (χ1) is 8.64. The highest BCUT2D eigenvalue weighted by Crippen LogP contribution is 2.20. The Morgan fingerprint density at radius 1 is 1.06 bits per heavy atom. The summed E-state index contributed by atoms with van der Waals surface area (Å²) in [4.78, 5) is 0. The van der Waals surface area contributed by atoms with Crippen molar-refractivity contribution in [3.8, 4) is 0 Å². The lowest BCUT2D eigenvalue weighted by Gasteiger charge is -2.36. The summed E-state index contributed by atoms with van der Waals surface area (Å²) in [5.41, 5.74) is 0. The van der Waals surface area contributed by atoms with Crippen LogP contribution in [0.2, 0.25) is 0 Å². The Balaban J connectivity index is 1.99. The molecule has 6 heteroatoms. The molecule has 0 aromatic heterocycles. The van der Waals surface area contributed by atoms with Crippen molar-refractivity contribution in [2.45, 2.75) is 45.1 Å². The van der Waals surface area contributed by atoms with Gasteiger partial charge in [-0.15, -0.1) is 0 Å². The first kappa shape index (κ1) is 14.2. The van der Waals surface area contributed by atoms with Gasteiger partial charge in [-0.1, -0.05) is 13.3 Å². The zero-order valence-electron chi connectivity index (χ0n) is 11.3. The summed E-state index contributed by atoms with van der Waals surface area (Å²) in [6.07, 6.45) is 5.21. The van der Waals surface area contributed by atoms with E-state index in [1.54, 1.807) is 8.61 Å². The number of hydrogen-bond acceptors (Lipinski definition) is 3. The summed E-state index contributed by atoms with van der Waals surface area (Å²) >= 11 is 0. The summed E-state index contributed by atoms with van der Waals surface area (Å²) in [6.45, 7) is 5.68. The highest BCUT2D eigenvalue weighted by atomic mass is 32.2. The SMILES string of the molecule is CCNC1CCCN(S(=O)(=O)N2CCCCC2)C1. The van der Waals surface area contributed by atoms with Crippen LogP contribution in [-0.2, 0) is 10.2 Å². The third-order valence-electron chi connectivity index (χ3n) is 3.84. The Morgan fingerprint density at radius 3 is 2.39 bits per heavy atom. The molecule has 2 heterocycles. The van der Waals surface area contributed by atoms with Crippen molar-refractivity contribution in [2.75, 3.05) is 32.7 Å². The lowest BCUT2D eigenvalue weighted by molar-refractivity contribution is 0.252. The van der Waals surface area contributed by atoms with Crippen LogP contribution in [0, 0.1) is 0 Å². The minimum absolute atomic E-state index is 0.323. The number of likely N-dealkylation sites (N-methyl/N-ethyl adjacent to an activating group) is 1. The van der Waals surface area contributed by atoms with Crippen molar-refractivity contribution < 1.29 is 8.42 Å². The van der Waals surface area contributed by atoms with Gasteiger partial charge in [0.05, 0.1) is 0 Å². The maximum Gasteiger partial charge on any atom is 0.282 e. The molecular formula is C12H25N3O2S. The summed E-state index contributed by atoms with van der Waals surface area (Å²) in [5, 5.41) is 3.36. The van der Waals surface area contributed by atoms with Gasteiger partial charge in [-0.2, -0.15) is 17.0 Å². The first-order valence-corrected chi connectivity index (χ1v) is 8.53. The second-order valence-electron chi connectivity index (χ2n) is 5.22. The fraction of sp³-hybridized carbons (Fsp3) is 1.00. The maximum absolute atomic E-state index is 12.5. The van der Waals surface area contributed by atoms with Crippen molar-refractivity contribution in [1.29, 1.82) is 0 Å². The summed E-state index contributed by atoms with van der Waals surface area (Å²) in [7, 11) is -3.21. The number of hydrogen-bond donors (Lipinski definition) is 1. The molecule has 18 heavy (non-hydrogen) atoms. The van der Waals surface area contributed by atoms with Crippen LogP contribution < -0.4 is 5.32 Å². The Labute approximate surface area is 111 Å². The van der Waals surface area contributed by atoms with Crippen LogP contribution in [0.3, 0.4) is 0 Å². The molecule has 2 rings (SSSR count). The predicted octanol–water partition coefficient (Wildman–Crippen LogP) is 0.791. The van der Waals surface area contributed by atoms with Crippen LogP contribution in [0.4, 0.5) is 0 Å². The fourth-order valence-corrected chi connectivity index (χ4v) is 4.64. The molecule has 5 nitrogen and oxygen atoms in total. The van der Waals surface area contributed by atoms with Crippen LogP contribution in [0.25, 0.3) is 0 Å². The van der Waals surface area contributed by atoms with Crippen molar-refractivity contribution >= 4 is 10.2 Å². The van der Waals surface area contributed by atoms with E-state index in [1.807, 2.05) is 0 Å². The Hall–Kier alpha value is -0.170. The lowest BCUT2D eigenvalue weighted by atomic mass is 10.1. The molecule has 2 saturated heterocycles. The monoisotopic (exact) mass is 275 g/mol. The molecule has 106 valence electrons. The number of nitrogens with zero attached hydrogens (tertiary/aromatic N) is 2. The molecule has 0 radical (unpaired) electrons.